The Morgan fingerprint density at radius 3 is 2.31 bits per heavy atom. The van der Waals surface area contributed by atoms with Crippen LogP contribution in [0.2, 0.25) is 0 Å². The lowest BCUT2D eigenvalue weighted by molar-refractivity contribution is 0.0975. The molecule has 88 valence electrons. The predicted molar refractivity (Wildman–Crippen MR) is 58.3 cm³/mol. The second kappa shape index (κ2) is 6.03. The minimum absolute atomic E-state index is 0.133. The number of rotatable bonds is 5. The van der Waals surface area contributed by atoms with Gasteiger partial charge in [-0.25, -0.2) is 13.2 Å². The van der Waals surface area contributed by atoms with Gasteiger partial charge in [0.25, 0.3) is 0 Å². The van der Waals surface area contributed by atoms with Crippen LogP contribution >= 0.6 is 15.9 Å². The summed E-state index contributed by atoms with van der Waals surface area (Å²) in [5.74, 6) is -4.00. The number of unbranched alkanes of at least 4 members (excludes halogenated alkanes) is 1. The minimum Gasteiger partial charge on any atom is -0.294 e. The van der Waals surface area contributed by atoms with Gasteiger partial charge in [-0.3, -0.25) is 4.79 Å². The zero-order valence-electron chi connectivity index (χ0n) is 8.40. The molecular formula is C11H10BrF3O. The standard InChI is InChI=1S/C11H10BrF3O/c12-4-2-1-3-11(16)7-5-9(14)10(15)6-8(7)13/h5-6H,1-4H2. The average molecular weight is 295 g/mol. The van der Waals surface area contributed by atoms with Crippen molar-refractivity contribution in [3.63, 3.8) is 0 Å². The topological polar surface area (TPSA) is 17.1 Å². The normalized spacial score (nSPS) is 10.5. The molecule has 0 saturated carbocycles. The molecule has 0 atom stereocenters. The Morgan fingerprint density at radius 2 is 1.69 bits per heavy atom. The number of hydrogen-bond donors (Lipinski definition) is 0. The van der Waals surface area contributed by atoms with Gasteiger partial charge in [0.15, 0.2) is 17.4 Å². The summed E-state index contributed by atoms with van der Waals surface area (Å²) in [5, 5.41) is 0.751. The fourth-order valence-electron chi connectivity index (χ4n) is 1.25. The number of carbonyl (C=O) groups excluding carboxylic acids is 1. The fraction of sp³-hybridized carbons (Fsp3) is 0.364. The molecule has 1 aromatic carbocycles. The highest BCUT2D eigenvalue weighted by atomic mass is 79.9. The first-order valence-corrected chi connectivity index (χ1v) is 5.92. The first-order valence-electron chi connectivity index (χ1n) is 4.80. The van der Waals surface area contributed by atoms with E-state index in [9.17, 15) is 18.0 Å². The van der Waals surface area contributed by atoms with Crippen molar-refractivity contribution in [1.29, 1.82) is 0 Å². The number of Topliss-reactive ketones (excluding diaryl/α,β-unsaturated/α-hetero) is 1. The van der Waals surface area contributed by atoms with E-state index in [2.05, 4.69) is 15.9 Å². The van der Waals surface area contributed by atoms with Gasteiger partial charge < -0.3 is 0 Å². The molecule has 0 aliphatic heterocycles. The van der Waals surface area contributed by atoms with Crippen molar-refractivity contribution in [2.45, 2.75) is 19.3 Å². The van der Waals surface area contributed by atoms with E-state index in [1.807, 2.05) is 0 Å². The molecule has 1 nitrogen and oxygen atoms in total. The molecule has 0 heterocycles. The number of benzene rings is 1. The van der Waals surface area contributed by atoms with Crippen LogP contribution in [0.1, 0.15) is 29.6 Å². The van der Waals surface area contributed by atoms with Crippen molar-refractivity contribution in [2.24, 2.45) is 0 Å². The van der Waals surface area contributed by atoms with E-state index in [4.69, 9.17) is 0 Å². The highest BCUT2D eigenvalue weighted by Crippen LogP contribution is 2.16. The largest absolute Gasteiger partial charge is 0.294 e. The zero-order valence-corrected chi connectivity index (χ0v) is 9.99. The van der Waals surface area contributed by atoms with Crippen LogP contribution in [0.25, 0.3) is 0 Å². The summed E-state index contributed by atoms with van der Waals surface area (Å²) < 4.78 is 38.6. The molecule has 0 unspecified atom stereocenters. The average Bonchev–Trinajstić information content (AvgIpc) is 2.23. The van der Waals surface area contributed by atoms with Gasteiger partial charge in [0.1, 0.15) is 5.82 Å². The lowest BCUT2D eigenvalue weighted by Gasteiger charge is -2.03. The highest BCUT2D eigenvalue weighted by Gasteiger charge is 2.15. The van der Waals surface area contributed by atoms with Crippen LogP contribution in [0.3, 0.4) is 0 Å². The van der Waals surface area contributed by atoms with Gasteiger partial charge in [-0.1, -0.05) is 15.9 Å². The van der Waals surface area contributed by atoms with Gasteiger partial charge in [0, 0.05) is 17.8 Å². The molecule has 0 fully saturated rings. The minimum atomic E-state index is -1.28. The van der Waals surface area contributed by atoms with Crippen LogP contribution in [0.15, 0.2) is 12.1 Å². The molecule has 1 aromatic rings. The summed E-state index contributed by atoms with van der Waals surface area (Å²) in [4.78, 5) is 11.5. The summed E-state index contributed by atoms with van der Waals surface area (Å²) in [6.45, 7) is 0. The second-order valence-electron chi connectivity index (χ2n) is 3.32. The number of halogens is 4. The number of carbonyl (C=O) groups is 1. The SMILES string of the molecule is O=C(CCCCBr)c1cc(F)c(F)cc1F. The molecule has 1 rings (SSSR count). The predicted octanol–water partition coefficient (Wildman–Crippen LogP) is 3.85. The Labute approximate surface area is 99.8 Å². The van der Waals surface area contributed by atoms with E-state index in [0.717, 1.165) is 11.8 Å². The number of alkyl halides is 1. The van der Waals surface area contributed by atoms with Crippen LogP contribution in [0.4, 0.5) is 13.2 Å². The number of hydrogen-bond acceptors (Lipinski definition) is 1. The second-order valence-corrected chi connectivity index (χ2v) is 4.11. The van der Waals surface area contributed by atoms with Gasteiger partial charge in [0.05, 0.1) is 5.56 Å². The molecule has 0 bridgehead atoms. The molecule has 0 amide bonds. The van der Waals surface area contributed by atoms with Crippen LogP contribution in [-0.4, -0.2) is 11.1 Å². The first kappa shape index (κ1) is 13.2. The Balaban J connectivity index is 2.79. The lowest BCUT2D eigenvalue weighted by Crippen LogP contribution is -2.04. The molecule has 0 spiro atoms. The van der Waals surface area contributed by atoms with Crippen molar-refractivity contribution in [3.8, 4) is 0 Å². The summed E-state index contributed by atoms with van der Waals surface area (Å²) in [5.41, 5.74) is -0.381. The Hall–Kier alpha value is -0.840. The van der Waals surface area contributed by atoms with Crippen molar-refractivity contribution >= 4 is 21.7 Å². The van der Waals surface area contributed by atoms with Crippen LogP contribution < -0.4 is 0 Å². The molecule has 0 saturated heterocycles. The molecule has 0 N–H and O–H groups in total. The zero-order chi connectivity index (χ0) is 12.1. The van der Waals surface area contributed by atoms with E-state index in [1.54, 1.807) is 0 Å². The molecule has 0 radical (unpaired) electrons. The van der Waals surface area contributed by atoms with E-state index >= 15 is 0 Å². The lowest BCUT2D eigenvalue weighted by atomic mass is 10.0. The summed E-state index contributed by atoms with van der Waals surface area (Å²) in [6.07, 6.45) is 1.49. The molecule has 0 aliphatic rings. The Kier molecular flexibility index (Phi) is 4.99. The van der Waals surface area contributed by atoms with Crippen LogP contribution in [0.5, 0.6) is 0 Å². The molecule has 16 heavy (non-hydrogen) atoms. The maximum absolute atomic E-state index is 13.2. The smallest absolute Gasteiger partial charge is 0.165 e. The Morgan fingerprint density at radius 1 is 1.06 bits per heavy atom. The van der Waals surface area contributed by atoms with Gasteiger partial charge in [-0.15, -0.1) is 0 Å². The van der Waals surface area contributed by atoms with Crippen LogP contribution in [-0.2, 0) is 0 Å². The number of ketones is 1. The maximum Gasteiger partial charge on any atom is 0.165 e. The molecule has 0 aromatic heterocycles. The maximum atomic E-state index is 13.2. The molecule has 0 aliphatic carbocycles. The van der Waals surface area contributed by atoms with E-state index in [0.29, 0.717) is 18.6 Å². The van der Waals surface area contributed by atoms with E-state index in [1.165, 1.54) is 0 Å². The quantitative estimate of drug-likeness (QED) is 0.349. The van der Waals surface area contributed by atoms with Gasteiger partial charge in [-0.05, 0) is 18.9 Å². The van der Waals surface area contributed by atoms with Crippen molar-refractivity contribution in [1.82, 2.24) is 0 Å². The van der Waals surface area contributed by atoms with Crippen molar-refractivity contribution < 1.29 is 18.0 Å². The third-order valence-corrected chi connectivity index (χ3v) is 2.66. The summed E-state index contributed by atoms with van der Waals surface area (Å²) in [7, 11) is 0. The fourth-order valence-corrected chi connectivity index (χ4v) is 1.65. The highest BCUT2D eigenvalue weighted by molar-refractivity contribution is 9.09. The molecule has 5 heteroatoms. The van der Waals surface area contributed by atoms with Gasteiger partial charge in [0.2, 0.25) is 0 Å². The van der Waals surface area contributed by atoms with E-state index < -0.39 is 23.2 Å². The summed E-state index contributed by atoms with van der Waals surface area (Å²) in [6, 6.07) is 1.01. The van der Waals surface area contributed by atoms with E-state index in [-0.39, 0.29) is 12.0 Å². The Bertz CT molecular complexity index is 393. The molecular weight excluding hydrogens is 285 g/mol. The van der Waals surface area contributed by atoms with Crippen LogP contribution in [0, 0.1) is 17.5 Å². The van der Waals surface area contributed by atoms with Crippen molar-refractivity contribution in [3.05, 3.63) is 35.1 Å². The van der Waals surface area contributed by atoms with Gasteiger partial charge >= 0.3 is 0 Å². The van der Waals surface area contributed by atoms with Gasteiger partial charge in [-0.2, -0.15) is 0 Å². The van der Waals surface area contributed by atoms with Crippen molar-refractivity contribution in [2.75, 3.05) is 5.33 Å². The first-order chi connectivity index (χ1) is 7.56. The third-order valence-electron chi connectivity index (χ3n) is 2.10. The third kappa shape index (κ3) is 3.33. The monoisotopic (exact) mass is 294 g/mol. The summed E-state index contributed by atoms with van der Waals surface area (Å²) >= 11 is 3.20.